The summed E-state index contributed by atoms with van der Waals surface area (Å²) in [7, 11) is 0. The number of rotatable bonds is 8. The van der Waals surface area contributed by atoms with E-state index in [9.17, 15) is 4.79 Å². The summed E-state index contributed by atoms with van der Waals surface area (Å²) in [5.74, 6) is 1.34. The van der Waals surface area contributed by atoms with E-state index in [1.54, 1.807) is 0 Å². The highest BCUT2D eigenvalue weighted by molar-refractivity contribution is 5.97. The molecule has 162 valence electrons. The largest absolute Gasteiger partial charge is 0.492 e. The van der Waals surface area contributed by atoms with E-state index in [1.165, 1.54) is 32.2 Å². The van der Waals surface area contributed by atoms with Crippen molar-refractivity contribution in [1.29, 1.82) is 0 Å². The average molecular weight is 403 g/mol. The molecule has 0 radical (unpaired) electrons. The van der Waals surface area contributed by atoms with Crippen molar-refractivity contribution in [2.45, 2.75) is 77.4 Å². The molecule has 3 atom stereocenters. The molecule has 0 unspecified atom stereocenters. The van der Waals surface area contributed by atoms with E-state index in [-0.39, 0.29) is 5.91 Å². The van der Waals surface area contributed by atoms with Gasteiger partial charge in [-0.05, 0) is 82.7 Å². The van der Waals surface area contributed by atoms with E-state index in [2.05, 4.69) is 24.1 Å². The number of amides is 1. The number of piperidine rings is 1. The van der Waals surface area contributed by atoms with Gasteiger partial charge in [0.15, 0.2) is 0 Å². The molecule has 1 heterocycles. The molecular weight excluding hydrogens is 364 g/mol. The van der Waals surface area contributed by atoms with Crippen molar-refractivity contribution in [3.63, 3.8) is 0 Å². The SMILES string of the molecule is CCO[C@]1(C(=O)Nc2ccc(OCCN3CCCC[C@H]3C)cc2)CCC[C@H](C)C1. The Labute approximate surface area is 176 Å². The number of benzene rings is 1. The minimum atomic E-state index is -0.688. The zero-order valence-corrected chi connectivity index (χ0v) is 18.4. The lowest BCUT2D eigenvalue weighted by Gasteiger charge is -2.38. The van der Waals surface area contributed by atoms with Crippen molar-refractivity contribution in [3.8, 4) is 5.75 Å². The maximum absolute atomic E-state index is 13.0. The molecule has 1 aromatic rings. The smallest absolute Gasteiger partial charge is 0.256 e. The Morgan fingerprint density at radius 2 is 1.97 bits per heavy atom. The summed E-state index contributed by atoms with van der Waals surface area (Å²) < 4.78 is 11.9. The van der Waals surface area contributed by atoms with E-state index in [4.69, 9.17) is 9.47 Å². The van der Waals surface area contributed by atoms with Gasteiger partial charge in [0, 0.05) is 24.9 Å². The number of ether oxygens (including phenoxy) is 2. The second-order valence-electron chi connectivity index (χ2n) is 8.84. The third-order valence-corrected chi connectivity index (χ3v) is 6.49. The summed E-state index contributed by atoms with van der Waals surface area (Å²) in [6.07, 6.45) is 7.73. The van der Waals surface area contributed by atoms with Crippen LogP contribution >= 0.6 is 0 Å². The van der Waals surface area contributed by atoms with Crippen LogP contribution in [0.3, 0.4) is 0 Å². The standard InChI is InChI=1S/C24H38N2O3/c1-4-29-24(14-7-8-19(2)18-24)23(27)25-21-10-12-22(13-11-21)28-17-16-26-15-6-5-9-20(26)3/h10-13,19-20H,4-9,14-18H2,1-3H3,(H,25,27)/t19-,20+,24+/m0/s1. The summed E-state index contributed by atoms with van der Waals surface area (Å²) >= 11 is 0. The van der Waals surface area contributed by atoms with Crippen molar-refractivity contribution in [3.05, 3.63) is 24.3 Å². The predicted molar refractivity (Wildman–Crippen MR) is 117 cm³/mol. The zero-order valence-electron chi connectivity index (χ0n) is 18.4. The van der Waals surface area contributed by atoms with Gasteiger partial charge in [-0.15, -0.1) is 0 Å². The molecular formula is C24H38N2O3. The first-order chi connectivity index (χ1) is 14.0. The van der Waals surface area contributed by atoms with Crippen LogP contribution in [0.5, 0.6) is 5.75 Å². The predicted octanol–water partition coefficient (Wildman–Crippen LogP) is 4.86. The molecule has 5 heteroatoms. The molecule has 1 N–H and O–H groups in total. The van der Waals surface area contributed by atoms with Crippen LogP contribution < -0.4 is 10.1 Å². The average Bonchev–Trinajstić information content (AvgIpc) is 2.71. The molecule has 0 spiro atoms. The van der Waals surface area contributed by atoms with Crippen LogP contribution in [-0.4, -0.2) is 48.8 Å². The van der Waals surface area contributed by atoms with E-state index in [0.29, 0.717) is 25.2 Å². The van der Waals surface area contributed by atoms with E-state index in [1.807, 2.05) is 31.2 Å². The van der Waals surface area contributed by atoms with Crippen LogP contribution in [0.15, 0.2) is 24.3 Å². The molecule has 1 aliphatic heterocycles. The summed E-state index contributed by atoms with van der Waals surface area (Å²) in [4.78, 5) is 15.5. The van der Waals surface area contributed by atoms with Gasteiger partial charge in [0.25, 0.3) is 5.91 Å². The molecule has 3 rings (SSSR count). The minimum absolute atomic E-state index is 0.0151. The lowest BCUT2D eigenvalue weighted by molar-refractivity contribution is -0.147. The van der Waals surface area contributed by atoms with E-state index in [0.717, 1.165) is 37.2 Å². The first kappa shape index (κ1) is 22.1. The highest BCUT2D eigenvalue weighted by Gasteiger charge is 2.42. The van der Waals surface area contributed by atoms with Crippen LogP contribution in [0.2, 0.25) is 0 Å². The topological polar surface area (TPSA) is 50.8 Å². The normalized spacial score (nSPS) is 28.1. The second kappa shape index (κ2) is 10.4. The molecule has 1 saturated heterocycles. The molecule has 5 nitrogen and oxygen atoms in total. The summed E-state index contributed by atoms with van der Waals surface area (Å²) in [6, 6.07) is 8.37. The number of nitrogens with one attached hydrogen (secondary N) is 1. The highest BCUT2D eigenvalue weighted by Crippen LogP contribution is 2.36. The molecule has 29 heavy (non-hydrogen) atoms. The molecule has 0 aromatic heterocycles. The summed E-state index contributed by atoms with van der Waals surface area (Å²) in [6.45, 7) is 9.87. The van der Waals surface area contributed by atoms with Gasteiger partial charge in [0.05, 0.1) is 0 Å². The Hall–Kier alpha value is -1.59. The van der Waals surface area contributed by atoms with Gasteiger partial charge in [0.1, 0.15) is 18.0 Å². The number of hydrogen-bond donors (Lipinski definition) is 1. The molecule has 1 aliphatic carbocycles. The number of hydrogen-bond acceptors (Lipinski definition) is 4. The highest BCUT2D eigenvalue weighted by atomic mass is 16.5. The van der Waals surface area contributed by atoms with Crippen LogP contribution in [0.1, 0.15) is 65.7 Å². The van der Waals surface area contributed by atoms with Crippen molar-refractivity contribution >= 4 is 11.6 Å². The van der Waals surface area contributed by atoms with Gasteiger partial charge in [0.2, 0.25) is 0 Å². The Morgan fingerprint density at radius 1 is 1.17 bits per heavy atom. The first-order valence-electron chi connectivity index (χ1n) is 11.4. The Kier molecular flexibility index (Phi) is 7.96. The van der Waals surface area contributed by atoms with Crippen molar-refractivity contribution < 1.29 is 14.3 Å². The van der Waals surface area contributed by atoms with Gasteiger partial charge in [-0.2, -0.15) is 0 Å². The number of carbonyl (C=O) groups excluding carboxylic acids is 1. The van der Waals surface area contributed by atoms with Gasteiger partial charge >= 0.3 is 0 Å². The van der Waals surface area contributed by atoms with Gasteiger partial charge < -0.3 is 14.8 Å². The Morgan fingerprint density at radius 3 is 2.66 bits per heavy atom. The lowest BCUT2D eigenvalue weighted by atomic mass is 9.78. The number of anilines is 1. The van der Waals surface area contributed by atoms with Crippen LogP contribution in [0.25, 0.3) is 0 Å². The number of carbonyl (C=O) groups is 1. The lowest BCUT2D eigenvalue weighted by Crippen LogP contribution is -2.48. The van der Waals surface area contributed by atoms with Crippen molar-refractivity contribution in [1.82, 2.24) is 4.90 Å². The van der Waals surface area contributed by atoms with Crippen LogP contribution in [0, 0.1) is 5.92 Å². The van der Waals surface area contributed by atoms with Crippen LogP contribution in [0.4, 0.5) is 5.69 Å². The maximum atomic E-state index is 13.0. The molecule has 1 aromatic carbocycles. The minimum Gasteiger partial charge on any atom is -0.492 e. The molecule has 0 bridgehead atoms. The third-order valence-electron chi connectivity index (χ3n) is 6.49. The van der Waals surface area contributed by atoms with Crippen LogP contribution in [-0.2, 0) is 9.53 Å². The Balaban J connectivity index is 1.50. The number of nitrogens with zero attached hydrogens (tertiary/aromatic N) is 1. The first-order valence-corrected chi connectivity index (χ1v) is 11.4. The Bertz CT molecular complexity index is 644. The monoisotopic (exact) mass is 402 g/mol. The third kappa shape index (κ3) is 5.95. The molecule has 1 saturated carbocycles. The number of likely N-dealkylation sites (tertiary alicyclic amines) is 1. The van der Waals surface area contributed by atoms with E-state index >= 15 is 0 Å². The van der Waals surface area contributed by atoms with Crippen molar-refractivity contribution in [2.75, 3.05) is 31.6 Å². The molecule has 1 amide bonds. The summed E-state index contributed by atoms with van der Waals surface area (Å²) in [5, 5.41) is 3.07. The fourth-order valence-electron chi connectivity index (χ4n) is 4.83. The fraction of sp³-hybridized carbons (Fsp3) is 0.708. The fourth-order valence-corrected chi connectivity index (χ4v) is 4.83. The zero-order chi connectivity index (χ0) is 20.7. The molecule has 2 fully saturated rings. The van der Waals surface area contributed by atoms with Gasteiger partial charge in [-0.1, -0.05) is 19.8 Å². The second-order valence-corrected chi connectivity index (χ2v) is 8.84. The molecule has 2 aliphatic rings. The van der Waals surface area contributed by atoms with Crippen molar-refractivity contribution in [2.24, 2.45) is 5.92 Å². The van der Waals surface area contributed by atoms with Gasteiger partial charge in [-0.3, -0.25) is 9.69 Å². The van der Waals surface area contributed by atoms with E-state index < -0.39 is 5.60 Å². The maximum Gasteiger partial charge on any atom is 0.256 e. The quantitative estimate of drug-likeness (QED) is 0.674. The van der Waals surface area contributed by atoms with Gasteiger partial charge in [-0.25, -0.2) is 0 Å². The summed E-state index contributed by atoms with van der Waals surface area (Å²) in [5.41, 5.74) is 0.108.